The lowest BCUT2D eigenvalue weighted by atomic mass is 9.97. The Balaban J connectivity index is 1.74. The Bertz CT molecular complexity index is 264. The molecule has 0 aromatic carbocycles. The van der Waals surface area contributed by atoms with E-state index in [0.29, 0.717) is 18.8 Å². The number of hydrogen-bond donors (Lipinski definition) is 1. The van der Waals surface area contributed by atoms with Gasteiger partial charge in [-0.2, -0.15) is 5.26 Å². The van der Waals surface area contributed by atoms with Crippen LogP contribution in [0.1, 0.15) is 51.9 Å². The number of ether oxygens (including phenoxy) is 1. The first-order valence-corrected chi connectivity index (χ1v) is 6.52. The zero-order valence-corrected chi connectivity index (χ0v) is 10.2. The summed E-state index contributed by atoms with van der Waals surface area (Å²) in [5.74, 6) is 0. The first-order valence-electron chi connectivity index (χ1n) is 6.52. The molecule has 2 saturated carbocycles. The van der Waals surface area contributed by atoms with Crippen molar-refractivity contribution in [3.05, 3.63) is 0 Å². The molecule has 0 aliphatic heterocycles. The summed E-state index contributed by atoms with van der Waals surface area (Å²) in [6.07, 6.45) is 9.06. The van der Waals surface area contributed by atoms with Crippen molar-refractivity contribution in [3.63, 3.8) is 0 Å². The minimum atomic E-state index is -0.487. The normalized spacial score (nSPS) is 26.0. The van der Waals surface area contributed by atoms with Crippen LogP contribution in [0.3, 0.4) is 0 Å². The van der Waals surface area contributed by atoms with E-state index in [1.165, 1.54) is 44.9 Å². The molecule has 2 fully saturated rings. The van der Waals surface area contributed by atoms with Crippen LogP contribution in [0.4, 0.5) is 0 Å². The van der Waals surface area contributed by atoms with Crippen LogP contribution in [-0.2, 0) is 4.74 Å². The van der Waals surface area contributed by atoms with Gasteiger partial charge in [0.2, 0.25) is 0 Å². The molecule has 2 aliphatic carbocycles. The standard InChI is InChI=1S/C13H22N2O/c1-13(9-14,15-11-7-8-11)10-16-12-5-3-2-4-6-12/h11-12,15H,2-8,10H2,1H3. The van der Waals surface area contributed by atoms with Gasteiger partial charge in [0.25, 0.3) is 0 Å². The molecule has 0 aromatic heterocycles. The predicted octanol–water partition coefficient (Wildman–Crippen LogP) is 2.37. The maximum atomic E-state index is 9.20. The van der Waals surface area contributed by atoms with Crippen LogP contribution in [0, 0.1) is 11.3 Å². The van der Waals surface area contributed by atoms with Crippen molar-refractivity contribution in [2.45, 2.75) is 69.6 Å². The van der Waals surface area contributed by atoms with Crippen LogP contribution >= 0.6 is 0 Å². The van der Waals surface area contributed by atoms with E-state index in [1.54, 1.807) is 0 Å². The van der Waals surface area contributed by atoms with Gasteiger partial charge in [-0.05, 0) is 32.6 Å². The first-order chi connectivity index (χ1) is 7.72. The third-order valence-corrected chi connectivity index (χ3v) is 3.51. The first kappa shape index (κ1) is 11.9. The van der Waals surface area contributed by atoms with Crippen molar-refractivity contribution in [2.24, 2.45) is 0 Å². The van der Waals surface area contributed by atoms with Crippen molar-refractivity contribution >= 4 is 0 Å². The molecule has 3 nitrogen and oxygen atoms in total. The topological polar surface area (TPSA) is 45.0 Å². The van der Waals surface area contributed by atoms with Gasteiger partial charge in [-0.25, -0.2) is 0 Å². The van der Waals surface area contributed by atoms with E-state index >= 15 is 0 Å². The lowest BCUT2D eigenvalue weighted by Gasteiger charge is -2.28. The highest BCUT2D eigenvalue weighted by atomic mass is 16.5. The molecule has 2 rings (SSSR count). The third-order valence-electron chi connectivity index (χ3n) is 3.51. The average molecular weight is 222 g/mol. The number of rotatable bonds is 5. The molecule has 0 spiro atoms. The molecule has 1 unspecified atom stereocenters. The fraction of sp³-hybridized carbons (Fsp3) is 0.923. The van der Waals surface area contributed by atoms with Crippen LogP contribution in [0.2, 0.25) is 0 Å². The third kappa shape index (κ3) is 3.47. The summed E-state index contributed by atoms with van der Waals surface area (Å²) in [5, 5.41) is 12.6. The van der Waals surface area contributed by atoms with E-state index in [0.717, 1.165) is 0 Å². The van der Waals surface area contributed by atoms with E-state index in [2.05, 4.69) is 11.4 Å². The summed E-state index contributed by atoms with van der Waals surface area (Å²) in [6.45, 7) is 2.48. The zero-order valence-electron chi connectivity index (χ0n) is 10.2. The van der Waals surface area contributed by atoms with Gasteiger partial charge >= 0.3 is 0 Å². The van der Waals surface area contributed by atoms with Crippen LogP contribution < -0.4 is 5.32 Å². The van der Waals surface area contributed by atoms with Gasteiger partial charge in [0.05, 0.1) is 18.8 Å². The van der Waals surface area contributed by atoms with Gasteiger partial charge in [0.1, 0.15) is 5.54 Å². The molecule has 16 heavy (non-hydrogen) atoms. The monoisotopic (exact) mass is 222 g/mol. The summed E-state index contributed by atoms with van der Waals surface area (Å²) < 4.78 is 5.88. The predicted molar refractivity (Wildman–Crippen MR) is 63.0 cm³/mol. The molecule has 2 aliphatic rings. The lowest BCUT2D eigenvalue weighted by Crippen LogP contribution is -2.47. The molecule has 90 valence electrons. The molecular formula is C13H22N2O. The van der Waals surface area contributed by atoms with Crippen LogP contribution in [0.25, 0.3) is 0 Å². The van der Waals surface area contributed by atoms with Gasteiger partial charge in [-0.3, -0.25) is 5.32 Å². The van der Waals surface area contributed by atoms with Gasteiger partial charge in [0.15, 0.2) is 0 Å². The molecular weight excluding hydrogens is 200 g/mol. The quantitative estimate of drug-likeness (QED) is 0.776. The fourth-order valence-electron chi connectivity index (χ4n) is 2.30. The highest BCUT2D eigenvalue weighted by molar-refractivity contribution is 5.07. The molecule has 3 heteroatoms. The highest BCUT2D eigenvalue weighted by Crippen LogP contribution is 2.24. The maximum absolute atomic E-state index is 9.20. The molecule has 0 amide bonds. The molecule has 0 heterocycles. The van der Waals surface area contributed by atoms with Gasteiger partial charge in [0, 0.05) is 6.04 Å². The highest BCUT2D eigenvalue weighted by Gasteiger charge is 2.33. The van der Waals surface area contributed by atoms with Gasteiger partial charge in [-0.1, -0.05) is 19.3 Å². The van der Waals surface area contributed by atoms with Crippen molar-refractivity contribution in [2.75, 3.05) is 6.61 Å². The zero-order chi connectivity index (χ0) is 11.4. The second-order valence-electron chi connectivity index (χ2n) is 5.43. The SMILES string of the molecule is CC(C#N)(COC1CCCCC1)NC1CC1. The van der Waals surface area contributed by atoms with Gasteiger partial charge < -0.3 is 4.74 Å². The molecule has 1 N–H and O–H groups in total. The van der Waals surface area contributed by atoms with Crippen molar-refractivity contribution < 1.29 is 4.74 Å². The van der Waals surface area contributed by atoms with Crippen molar-refractivity contribution in [1.29, 1.82) is 5.26 Å². The summed E-state index contributed by atoms with van der Waals surface area (Å²) >= 11 is 0. The Morgan fingerprint density at radius 2 is 1.94 bits per heavy atom. The number of hydrogen-bond acceptors (Lipinski definition) is 3. The second-order valence-corrected chi connectivity index (χ2v) is 5.43. The molecule has 1 atom stereocenters. The maximum Gasteiger partial charge on any atom is 0.127 e. The van der Waals surface area contributed by atoms with E-state index in [-0.39, 0.29) is 0 Å². The molecule has 0 saturated heterocycles. The Morgan fingerprint density at radius 1 is 1.25 bits per heavy atom. The average Bonchev–Trinajstić information content (AvgIpc) is 3.12. The van der Waals surface area contributed by atoms with E-state index < -0.39 is 5.54 Å². The minimum absolute atomic E-state index is 0.391. The molecule has 0 bridgehead atoms. The lowest BCUT2D eigenvalue weighted by molar-refractivity contribution is 0.00606. The fourth-order valence-corrected chi connectivity index (χ4v) is 2.30. The largest absolute Gasteiger partial charge is 0.375 e. The van der Waals surface area contributed by atoms with Crippen LogP contribution in [0.15, 0.2) is 0 Å². The van der Waals surface area contributed by atoms with Crippen molar-refractivity contribution in [3.8, 4) is 6.07 Å². The van der Waals surface area contributed by atoms with E-state index in [4.69, 9.17) is 4.74 Å². The number of nitrogens with one attached hydrogen (secondary N) is 1. The number of nitriles is 1. The Labute approximate surface area is 98.2 Å². The summed E-state index contributed by atoms with van der Waals surface area (Å²) in [5.41, 5.74) is -0.487. The Kier molecular flexibility index (Phi) is 3.83. The van der Waals surface area contributed by atoms with Gasteiger partial charge in [-0.15, -0.1) is 0 Å². The van der Waals surface area contributed by atoms with E-state index in [1.807, 2.05) is 6.92 Å². The molecule has 0 aromatic rings. The second kappa shape index (κ2) is 5.16. The summed E-state index contributed by atoms with van der Waals surface area (Å²) in [7, 11) is 0. The minimum Gasteiger partial charge on any atom is -0.375 e. The van der Waals surface area contributed by atoms with E-state index in [9.17, 15) is 5.26 Å². The van der Waals surface area contributed by atoms with Crippen LogP contribution in [0.5, 0.6) is 0 Å². The number of nitrogens with zero attached hydrogens (tertiary/aromatic N) is 1. The smallest absolute Gasteiger partial charge is 0.127 e. The molecule has 0 radical (unpaired) electrons. The summed E-state index contributed by atoms with van der Waals surface area (Å²) in [4.78, 5) is 0. The van der Waals surface area contributed by atoms with Crippen LogP contribution in [-0.4, -0.2) is 24.3 Å². The Morgan fingerprint density at radius 3 is 2.50 bits per heavy atom. The van der Waals surface area contributed by atoms with Crippen molar-refractivity contribution in [1.82, 2.24) is 5.32 Å². The summed E-state index contributed by atoms with van der Waals surface area (Å²) in [6, 6.07) is 2.91. The Hall–Kier alpha value is -0.590.